The van der Waals surface area contributed by atoms with Crippen molar-refractivity contribution in [1.29, 1.82) is 0 Å². The fourth-order valence-corrected chi connectivity index (χ4v) is 2.03. The Hall–Kier alpha value is -0.120. The molecular weight excluding hydrogens is 188 g/mol. The first-order valence-electron chi connectivity index (χ1n) is 6.29. The summed E-state index contributed by atoms with van der Waals surface area (Å²) in [6.45, 7) is 11.9. The van der Waals surface area contributed by atoms with E-state index in [1.54, 1.807) is 0 Å². The van der Waals surface area contributed by atoms with Crippen LogP contribution in [0.5, 0.6) is 0 Å². The molecule has 1 saturated heterocycles. The molecular formula is C12H26N2O. The van der Waals surface area contributed by atoms with Gasteiger partial charge in [0.25, 0.3) is 0 Å². The van der Waals surface area contributed by atoms with E-state index in [4.69, 9.17) is 4.74 Å². The largest absolute Gasteiger partial charge is 0.378 e. The standard InChI is InChI=1S/C12H26N2O/c1-4-12-10-15-9-8-14(12)7-5-6-13-11(2)3/h11-13H,4-10H2,1-3H3. The van der Waals surface area contributed by atoms with Crippen LogP contribution in [0.15, 0.2) is 0 Å². The van der Waals surface area contributed by atoms with Crippen LogP contribution in [0, 0.1) is 0 Å². The summed E-state index contributed by atoms with van der Waals surface area (Å²) in [7, 11) is 0. The molecule has 0 spiro atoms. The Kier molecular flexibility index (Phi) is 6.22. The SMILES string of the molecule is CCC1COCCN1CCCNC(C)C. The maximum absolute atomic E-state index is 5.49. The Bertz CT molecular complexity index is 162. The number of ether oxygens (including phenoxy) is 1. The molecule has 0 amide bonds. The second kappa shape index (κ2) is 7.20. The predicted octanol–water partition coefficient (Wildman–Crippen LogP) is 1.49. The van der Waals surface area contributed by atoms with Gasteiger partial charge in [-0.1, -0.05) is 20.8 Å². The maximum Gasteiger partial charge on any atom is 0.0622 e. The van der Waals surface area contributed by atoms with Crippen LogP contribution in [0.25, 0.3) is 0 Å². The second-order valence-corrected chi connectivity index (χ2v) is 4.64. The second-order valence-electron chi connectivity index (χ2n) is 4.64. The maximum atomic E-state index is 5.49. The summed E-state index contributed by atoms with van der Waals surface area (Å²) in [6, 6.07) is 1.26. The van der Waals surface area contributed by atoms with Crippen LogP contribution in [-0.4, -0.2) is 49.8 Å². The summed E-state index contributed by atoms with van der Waals surface area (Å²) in [5, 5.41) is 3.46. The van der Waals surface area contributed by atoms with Crippen LogP contribution in [0.3, 0.4) is 0 Å². The molecule has 1 aliphatic heterocycles. The Morgan fingerprint density at radius 2 is 2.27 bits per heavy atom. The lowest BCUT2D eigenvalue weighted by atomic mass is 10.1. The Labute approximate surface area is 94.2 Å². The van der Waals surface area contributed by atoms with Crippen molar-refractivity contribution < 1.29 is 4.74 Å². The molecule has 1 atom stereocenters. The summed E-state index contributed by atoms with van der Waals surface area (Å²) in [5.41, 5.74) is 0. The third-order valence-electron chi connectivity index (χ3n) is 3.00. The molecule has 0 aromatic carbocycles. The van der Waals surface area contributed by atoms with Gasteiger partial charge >= 0.3 is 0 Å². The highest BCUT2D eigenvalue weighted by molar-refractivity contribution is 4.74. The summed E-state index contributed by atoms with van der Waals surface area (Å²) >= 11 is 0. The van der Waals surface area contributed by atoms with Gasteiger partial charge < -0.3 is 10.1 Å². The quantitative estimate of drug-likeness (QED) is 0.678. The number of hydrogen-bond acceptors (Lipinski definition) is 3. The number of morpholine rings is 1. The minimum Gasteiger partial charge on any atom is -0.378 e. The van der Waals surface area contributed by atoms with Crippen molar-refractivity contribution in [2.45, 2.75) is 45.7 Å². The van der Waals surface area contributed by atoms with E-state index in [1.807, 2.05) is 0 Å². The van der Waals surface area contributed by atoms with Crippen molar-refractivity contribution in [2.24, 2.45) is 0 Å². The lowest BCUT2D eigenvalue weighted by Gasteiger charge is -2.35. The smallest absolute Gasteiger partial charge is 0.0622 e. The molecule has 1 fully saturated rings. The van der Waals surface area contributed by atoms with Crippen LogP contribution < -0.4 is 5.32 Å². The zero-order chi connectivity index (χ0) is 11.1. The molecule has 90 valence electrons. The predicted molar refractivity (Wildman–Crippen MR) is 64.2 cm³/mol. The van der Waals surface area contributed by atoms with E-state index in [0.29, 0.717) is 12.1 Å². The first-order valence-corrected chi connectivity index (χ1v) is 6.29. The van der Waals surface area contributed by atoms with Gasteiger partial charge in [0.1, 0.15) is 0 Å². The molecule has 1 aliphatic rings. The van der Waals surface area contributed by atoms with Crippen molar-refractivity contribution in [3.63, 3.8) is 0 Å². The van der Waals surface area contributed by atoms with Gasteiger partial charge in [-0.3, -0.25) is 4.90 Å². The number of rotatable bonds is 6. The van der Waals surface area contributed by atoms with E-state index in [9.17, 15) is 0 Å². The van der Waals surface area contributed by atoms with E-state index in [2.05, 4.69) is 31.0 Å². The molecule has 1 N–H and O–H groups in total. The number of nitrogens with one attached hydrogen (secondary N) is 1. The van der Waals surface area contributed by atoms with Gasteiger partial charge in [0.15, 0.2) is 0 Å². The lowest BCUT2D eigenvalue weighted by molar-refractivity contribution is -0.00889. The first-order chi connectivity index (χ1) is 7.24. The summed E-state index contributed by atoms with van der Waals surface area (Å²) in [6.07, 6.45) is 2.45. The zero-order valence-corrected chi connectivity index (χ0v) is 10.5. The normalized spacial score (nSPS) is 23.6. The molecule has 15 heavy (non-hydrogen) atoms. The zero-order valence-electron chi connectivity index (χ0n) is 10.5. The number of hydrogen-bond donors (Lipinski definition) is 1. The highest BCUT2D eigenvalue weighted by atomic mass is 16.5. The van der Waals surface area contributed by atoms with E-state index in [0.717, 1.165) is 26.3 Å². The summed E-state index contributed by atoms with van der Waals surface area (Å²) < 4.78 is 5.49. The molecule has 0 aromatic rings. The van der Waals surface area contributed by atoms with Gasteiger partial charge in [0.2, 0.25) is 0 Å². The fourth-order valence-electron chi connectivity index (χ4n) is 2.03. The van der Waals surface area contributed by atoms with Crippen LogP contribution in [0.2, 0.25) is 0 Å². The summed E-state index contributed by atoms with van der Waals surface area (Å²) in [5.74, 6) is 0. The Morgan fingerprint density at radius 1 is 1.47 bits per heavy atom. The van der Waals surface area contributed by atoms with Crippen molar-refractivity contribution >= 4 is 0 Å². The molecule has 3 heteroatoms. The van der Waals surface area contributed by atoms with Crippen molar-refractivity contribution in [2.75, 3.05) is 32.8 Å². The highest BCUT2D eigenvalue weighted by Gasteiger charge is 2.20. The highest BCUT2D eigenvalue weighted by Crippen LogP contribution is 2.10. The van der Waals surface area contributed by atoms with Gasteiger partial charge in [0, 0.05) is 18.6 Å². The molecule has 0 aliphatic carbocycles. The fraction of sp³-hybridized carbons (Fsp3) is 1.00. The van der Waals surface area contributed by atoms with Gasteiger partial charge in [-0.05, 0) is 25.9 Å². The molecule has 0 bridgehead atoms. The van der Waals surface area contributed by atoms with Crippen LogP contribution in [-0.2, 0) is 4.74 Å². The third kappa shape index (κ3) is 4.96. The van der Waals surface area contributed by atoms with Crippen molar-refractivity contribution in [3.05, 3.63) is 0 Å². The van der Waals surface area contributed by atoms with E-state index in [1.165, 1.54) is 19.4 Å². The van der Waals surface area contributed by atoms with E-state index >= 15 is 0 Å². The van der Waals surface area contributed by atoms with Crippen molar-refractivity contribution in [3.8, 4) is 0 Å². The number of nitrogens with zero attached hydrogens (tertiary/aromatic N) is 1. The van der Waals surface area contributed by atoms with Crippen LogP contribution >= 0.6 is 0 Å². The van der Waals surface area contributed by atoms with E-state index in [-0.39, 0.29) is 0 Å². The average Bonchev–Trinajstić information content (AvgIpc) is 2.24. The van der Waals surface area contributed by atoms with E-state index < -0.39 is 0 Å². The molecule has 1 rings (SSSR count). The van der Waals surface area contributed by atoms with Crippen molar-refractivity contribution in [1.82, 2.24) is 10.2 Å². The lowest BCUT2D eigenvalue weighted by Crippen LogP contribution is -2.46. The first kappa shape index (κ1) is 12.9. The molecule has 0 radical (unpaired) electrons. The van der Waals surface area contributed by atoms with Gasteiger partial charge in [-0.15, -0.1) is 0 Å². The Balaban J connectivity index is 2.12. The summed E-state index contributed by atoms with van der Waals surface area (Å²) in [4.78, 5) is 2.57. The van der Waals surface area contributed by atoms with Crippen LogP contribution in [0.4, 0.5) is 0 Å². The van der Waals surface area contributed by atoms with Gasteiger partial charge in [0.05, 0.1) is 13.2 Å². The minimum atomic E-state index is 0.608. The molecule has 0 saturated carbocycles. The molecule has 0 aromatic heterocycles. The molecule has 3 nitrogen and oxygen atoms in total. The Morgan fingerprint density at radius 3 is 2.93 bits per heavy atom. The molecule has 1 heterocycles. The monoisotopic (exact) mass is 214 g/mol. The van der Waals surface area contributed by atoms with Crippen LogP contribution in [0.1, 0.15) is 33.6 Å². The van der Waals surface area contributed by atoms with Gasteiger partial charge in [-0.25, -0.2) is 0 Å². The molecule has 1 unspecified atom stereocenters. The minimum absolute atomic E-state index is 0.608. The topological polar surface area (TPSA) is 24.5 Å². The third-order valence-corrected chi connectivity index (χ3v) is 3.00. The van der Waals surface area contributed by atoms with Gasteiger partial charge in [-0.2, -0.15) is 0 Å². The average molecular weight is 214 g/mol.